The summed E-state index contributed by atoms with van der Waals surface area (Å²) in [7, 11) is 1.19. The fourth-order valence-corrected chi connectivity index (χ4v) is 1.72. The Morgan fingerprint density at radius 3 is 2.71 bits per heavy atom. The first kappa shape index (κ1) is 13.8. The van der Waals surface area contributed by atoms with Crippen molar-refractivity contribution in [2.24, 2.45) is 0 Å². The number of halogens is 3. The third-order valence-electron chi connectivity index (χ3n) is 2.15. The van der Waals surface area contributed by atoms with E-state index in [1.54, 1.807) is 0 Å². The number of anilines is 1. The molecule has 0 aromatic carbocycles. The van der Waals surface area contributed by atoms with Gasteiger partial charge in [0.1, 0.15) is 0 Å². The van der Waals surface area contributed by atoms with Gasteiger partial charge in [0.25, 0.3) is 6.43 Å². The molecule has 0 saturated carbocycles. The molecule has 1 rings (SSSR count). The third-order valence-corrected chi connectivity index (χ3v) is 2.68. The molecule has 0 fully saturated rings. The van der Waals surface area contributed by atoms with Gasteiger partial charge in [0.05, 0.1) is 30.6 Å². The molecule has 94 valence electrons. The second-order valence-electron chi connectivity index (χ2n) is 3.25. The summed E-state index contributed by atoms with van der Waals surface area (Å²) in [5, 5.41) is 0.330. The van der Waals surface area contributed by atoms with Crippen molar-refractivity contribution in [3.05, 3.63) is 23.0 Å². The number of hydrogen-bond acceptors (Lipinski definition) is 4. The Bertz CT molecular complexity index is 427. The summed E-state index contributed by atoms with van der Waals surface area (Å²) in [6, 6.07) is 1.15. The van der Waals surface area contributed by atoms with Crippen molar-refractivity contribution < 1.29 is 18.3 Å². The molecule has 0 amide bonds. The van der Waals surface area contributed by atoms with Crippen molar-refractivity contribution >= 4 is 27.6 Å². The van der Waals surface area contributed by atoms with E-state index < -0.39 is 12.4 Å². The number of nitrogens with two attached hydrogens (primary N) is 1. The van der Waals surface area contributed by atoms with Crippen molar-refractivity contribution in [3.8, 4) is 0 Å². The summed E-state index contributed by atoms with van der Waals surface area (Å²) in [4.78, 5) is 15.0. The molecule has 0 bridgehead atoms. The number of aromatic nitrogens is 1. The highest BCUT2D eigenvalue weighted by Gasteiger charge is 2.19. The average molecular weight is 309 g/mol. The van der Waals surface area contributed by atoms with Crippen LogP contribution in [0.15, 0.2) is 6.07 Å². The molecular weight excluding hydrogens is 298 g/mol. The Morgan fingerprint density at radius 2 is 2.24 bits per heavy atom. The van der Waals surface area contributed by atoms with Gasteiger partial charge in [0.2, 0.25) is 0 Å². The molecule has 17 heavy (non-hydrogen) atoms. The zero-order valence-corrected chi connectivity index (χ0v) is 10.6. The summed E-state index contributed by atoms with van der Waals surface area (Å²) < 4.78 is 29.9. The number of hydrogen-bond donors (Lipinski definition) is 1. The molecule has 1 aromatic rings. The van der Waals surface area contributed by atoms with Crippen LogP contribution in [0.2, 0.25) is 0 Å². The number of pyridine rings is 1. The van der Waals surface area contributed by atoms with Crippen LogP contribution in [0.3, 0.4) is 0 Å². The highest BCUT2D eigenvalue weighted by Crippen LogP contribution is 2.26. The lowest BCUT2D eigenvalue weighted by molar-refractivity contribution is -0.139. The highest BCUT2D eigenvalue weighted by atomic mass is 79.9. The van der Waals surface area contributed by atoms with Gasteiger partial charge in [0.15, 0.2) is 0 Å². The van der Waals surface area contributed by atoms with Crippen molar-refractivity contribution in [2.75, 3.05) is 12.8 Å². The number of alkyl halides is 3. The molecule has 0 aliphatic heterocycles. The fourth-order valence-electron chi connectivity index (χ4n) is 1.27. The minimum atomic E-state index is -2.73. The summed E-state index contributed by atoms with van der Waals surface area (Å²) in [6.45, 7) is 0. The van der Waals surface area contributed by atoms with Crippen molar-refractivity contribution in [1.82, 2.24) is 4.98 Å². The molecule has 4 nitrogen and oxygen atoms in total. The van der Waals surface area contributed by atoms with Crippen LogP contribution in [0, 0.1) is 0 Å². The number of rotatable bonds is 4. The highest BCUT2D eigenvalue weighted by molar-refractivity contribution is 9.08. The molecular formula is C10H11BrF2N2O2. The van der Waals surface area contributed by atoms with Crippen LogP contribution >= 0.6 is 15.9 Å². The quantitative estimate of drug-likeness (QED) is 0.684. The third kappa shape index (κ3) is 3.36. The van der Waals surface area contributed by atoms with Gasteiger partial charge in [-0.15, -0.1) is 0 Å². The van der Waals surface area contributed by atoms with E-state index >= 15 is 0 Å². The monoisotopic (exact) mass is 308 g/mol. The Hall–Kier alpha value is -1.24. The lowest BCUT2D eigenvalue weighted by Crippen LogP contribution is -2.11. The zero-order chi connectivity index (χ0) is 13.0. The fraction of sp³-hybridized carbons (Fsp3) is 0.400. The number of methoxy groups -OCH3 is 1. The number of ether oxygens (including phenoxy) is 1. The van der Waals surface area contributed by atoms with Crippen molar-refractivity contribution in [2.45, 2.75) is 18.2 Å². The maximum absolute atomic E-state index is 12.7. The van der Waals surface area contributed by atoms with Crippen LogP contribution in [0.5, 0.6) is 0 Å². The summed E-state index contributed by atoms with van der Waals surface area (Å²) in [6.07, 6.45) is -3.02. The van der Waals surface area contributed by atoms with E-state index in [1.807, 2.05) is 0 Å². The molecule has 0 spiro atoms. The Kier molecular flexibility index (Phi) is 4.80. The van der Waals surface area contributed by atoms with Gasteiger partial charge in [-0.2, -0.15) is 0 Å². The Morgan fingerprint density at radius 1 is 1.59 bits per heavy atom. The topological polar surface area (TPSA) is 65.2 Å². The van der Waals surface area contributed by atoms with Gasteiger partial charge in [-0.3, -0.25) is 9.78 Å². The van der Waals surface area contributed by atoms with Crippen LogP contribution in [-0.2, 0) is 21.3 Å². The molecule has 0 saturated heterocycles. The van der Waals surface area contributed by atoms with E-state index in [9.17, 15) is 13.6 Å². The van der Waals surface area contributed by atoms with Crippen LogP contribution in [0.4, 0.5) is 14.5 Å². The molecule has 0 aliphatic rings. The van der Waals surface area contributed by atoms with Gasteiger partial charge in [-0.25, -0.2) is 8.78 Å². The standard InChI is InChI=1S/C10H11BrF2N2O2/c1-17-9(16)3-7-5(10(12)13)2-6(14)8(4-11)15-7/h2,10H,3-4,14H2,1H3. The second-order valence-corrected chi connectivity index (χ2v) is 3.81. The van der Waals surface area contributed by atoms with Gasteiger partial charge in [0, 0.05) is 10.9 Å². The first-order valence-corrected chi connectivity index (χ1v) is 5.80. The van der Waals surface area contributed by atoms with Crippen LogP contribution in [0.25, 0.3) is 0 Å². The lowest BCUT2D eigenvalue weighted by atomic mass is 10.1. The molecule has 2 N–H and O–H groups in total. The van der Waals surface area contributed by atoms with E-state index in [4.69, 9.17) is 5.73 Å². The lowest BCUT2D eigenvalue weighted by Gasteiger charge is -2.11. The zero-order valence-electron chi connectivity index (χ0n) is 9.04. The number of carbonyl (C=O) groups is 1. The Balaban J connectivity index is 3.19. The summed E-state index contributed by atoms with van der Waals surface area (Å²) in [5.74, 6) is -0.621. The number of nitrogen functional groups attached to an aromatic ring is 1. The molecule has 7 heteroatoms. The second kappa shape index (κ2) is 5.90. The van der Waals surface area contributed by atoms with Crippen molar-refractivity contribution in [1.29, 1.82) is 0 Å². The van der Waals surface area contributed by atoms with Crippen LogP contribution in [0.1, 0.15) is 23.4 Å². The summed E-state index contributed by atoms with van der Waals surface area (Å²) >= 11 is 3.14. The van der Waals surface area contributed by atoms with E-state index in [2.05, 4.69) is 25.7 Å². The first-order chi connectivity index (χ1) is 7.99. The van der Waals surface area contributed by atoms with Gasteiger partial charge < -0.3 is 10.5 Å². The smallest absolute Gasteiger partial charge is 0.311 e. The van der Waals surface area contributed by atoms with Gasteiger partial charge in [-0.05, 0) is 6.07 Å². The molecule has 0 aliphatic carbocycles. The minimum absolute atomic E-state index is 0.00417. The molecule has 0 radical (unpaired) electrons. The van der Waals surface area contributed by atoms with Crippen LogP contribution < -0.4 is 5.73 Å². The van der Waals surface area contributed by atoms with Crippen molar-refractivity contribution in [3.63, 3.8) is 0 Å². The molecule has 0 atom stereocenters. The maximum Gasteiger partial charge on any atom is 0.311 e. The largest absolute Gasteiger partial charge is 0.469 e. The number of carbonyl (C=O) groups excluding carboxylic acids is 1. The Labute approximate surface area is 105 Å². The summed E-state index contributed by atoms with van der Waals surface area (Å²) in [5.41, 5.74) is 5.82. The van der Waals surface area contributed by atoms with E-state index in [0.29, 0.717) is 11.0 Å². The van der Waals surface area contributed by atoms with Crippen LogP contribution in [-0.4, -0.2) is 18.1 Å². The molecule has 0 unspecified atom stereocenters. The SMILES string of the molecule is COC(=O)Cc1nc(CBr)c(N)cc1C(F)F. The van der Waals surface area contributed by atoms with E-state index in [1.165, 1.54) is 7.11 Å². The molecule has 1 aromatic heterocycles. The van der Waals surface area contributed by atoms with Gasteiger partial charge >= 0.3 is 5.97 Å². The predicted molar refractivity (Wildman–Crippen MR) is 62.0 cm³/mol. The number of esters is 1. The minimum Gasteiger partial charge on any atom is -0.469 e. The molecule has 1 heterocycles. The number of nitrogens with zero attached hydrogens (tertiary/aromatic N) is 1. The van der Waals surface area contributed by atoms with Gasteiger partial charge in [-0.1, -0.05) is 15.9 Å². The maximum atomic E-state index is 12.7. The normalized spacial score (nSPS) is 10.6. The average Bonchev–Trinajstić information content (AvgIpc) is 2.30. The first-order valence-electron chi connectivity index (χ1n) is 4.68. The van der Waals surface area contributed by atoms with E-state index in [-0.39, 0.29) is 23.4 Å². The van der Waals surface area contributed by atoms with E-state index in [0.717, 1.165) is 6.07 Å². The predicted octanol–water partition coefficient (Wildman–Crippen LogP) is 2.21.